The normalized spacial score (nSPS) is 20.4. The molecule has 3 amide bonds. The summed E-state index contributed by atoms with van der Waals surface area (Å²) in [5.74, 6) is 0.289. The Bertz CT molecular complexity index is 2300. The van der Waals surface area contributed by atoms with Crippen molar-refractivity contribution in [2.24, 2.45) is 5.92 Å². The van der Waals surface area contributed by atoms with Crippen molar-refractivity contribution in [3.8, 4) is 22.6 Å². The molecule has 8 rings (SSSR count). The molecular formula is C47H43N3O8S. The molecule has 12 heteroatoms. The van der Waals surface area contributed by atoms with Crippen molar-refractivity contribution in [2.45, 2.75) is 62.9 Å². The summed E-state index contributed by atoms with van der Waals surface area (Å²) in [6, 6.07) is 43.3. The Hall–Kier alpha value is -6.05. The number of nitrogens with zero attached hydrogens (tertiary/aromatic N) is 2. The van der Waals surface area contributed by atoms with Gasteiger partial charge in [-0.15, -0.1) is 0 Å². The third kappa shape index (κ3) is 9.32. The number of ether oxygens (including phenoxy) is 3. The molecule has 0 aliphatic carbocycles. The Morgan fingerprint density at radius 3 is 2.10 bits per heavy atom. The summed E-state index contributed by atoms with van der Waals surface area (Å²) in [5.41, 5.74) is 6.73. The second kappa shape index (κ2) is 18.3. The van der Waals surface area contributed by atoms with Gasteiger partial charge in [-0.25, -0.2) is 9.78 Å². The van der Waals surface area contributed by atoms with Crippen LogP contribution in [0.4, 0.5) is 4.79 Å². The minimum absolute atomic E-state index is 0.0454. The number of hydrogen-bond donors (Lipinski definition) is 2. The van der Waals surface area contributed by atoms with Crippen LogP contribution >= 0.6 is 11.8 Å². The molecule has 1 aromatic heterocycles. The Labute approximate surface area is 346 Å². The lowest BCUT2D eigenvalue weighted by Crippen LogP contribution is -2.41. The highest BCUT2D eigenvalue weighted by molar-refractivity contribution is 7.99. The largest absolute Gasteiger partial charge is 0.445 e. The molecule has 59 heavy (non-hydrogen) atoms. The first-order valence-corrected chi connectivity index (χ1v) is 20.5. The van der Waals surface area contributed by atoms with Crippen LogP contribution in [0.3, 0.4) is 0 Å². The minimum atomic E-state index is -1.000. The Morgan fingerprint density at radius 2 is 1.42 bits per heavy atom. The predicted octanol–water partition coefficient (Wildman–Crippen LogP) is 8.64. The second-order valence-corrected chi connectivity index (χ2v) is 15.5. The van der Waals surface area contributed by atoms with Crippen molar-refractivity contribution in [3.63, 3.8) is 0 Å². The molecule has 0 bridgehead atoms. The molecule has 5 atom stereocenters. The van der Waals surface area contributed by atoms with Crippen LogP contribution in [0.25, 0.3) is 22.6 Å². The van der Waals surface area contributed by atoms with Crippen LogP contribution in [-0.4, -0.2) is 50.8 Å². The fraction of sp³-hybridized carbons (Fsp3) is 0.234. The molecule has 2 aliphatic rings. The Kier molecular flexibility index (Phi) is 12.3. The van der Waals surface area contributed by atoms with Crippen molar-refractivity contribution < 1.29 is 38.1 Å². The van der Waals surface area contributed by atoms with Gasteiger partial charge in [0, 0.05) is 28.4 Å². The van der Waals surface area contributed by atoms with Crippen LogP contribution in [0, 0.1) is 5.92 Å². The summed E-state index contributed by atoms with van der Waals surface area (Å²) in [4.78, 5) is 44.7. The quantitative estimate of drug-likeness (QED) is 0.0861. The zero-order valence-corrected chi connectivity index (χ0v) is 33.1. The first-order chi connectivity index (χ1) is 28.8. The number of aliphatic hydroxyl groups is 1. The van der Waals surface area contributed by atoms with Crippen LogP contribution in [-0.2, 0) is 43.6 Å². The molecule has 6 aromatic rings. The number of hydrogen-bond acceptors (Lipinski definition) is 10. The zero-order chi connectivity index (χ0) is 40.7. The summed E-state index contributed by atoms with van der Waals surface area (Å²) in [6.07, 6.45) is -2.25. The molecule has 11 nitrogen and oxygen atoms in total. The fourth-order valence-electron chi connectivity index (χ4n) is 7.23. The van der Waals surface area contributed by atoms with E-state index in [1.807, 2.05) is 140 Å². The Morgan fingerprint density at radius 1 is 0.797 bits per heavy atom. The van der Waals surface area contributed by atoms with Crippen molar-refractivity contribution in [1.29, 1.82) is 0 Å². The van der Waals surface area contributed by atoms with Crippen LogP contribution in [0.15, 0.2) is 149 Å². The van der Waals surface area contributed by atoms with E-state index in [1.54, 1.807) is 0 Å². The van der Waals surface area contributed by atoms with Crippen LogP contribution in [0.5, 0.6) is 0 Å². The lowest BCUT2D eigenvalue weighted by molar-refractivity contribution is -0.268. The van der Waals surface area contributed by atoms with Crippen LogP contribution < -0.4 is 5.32 Å². The first kappa shape index (κ1) is 39.8. The third-order valence-corrected chi connectivity index (χ3v) is 11.4. The van der Waals surface area contributed by atoms with Gasteiger partial charge in [0.1, 0.15) is 18.3 Å². The van der Waals surface area contributed by atoms with Crippen molar-refractivity contribution in [2.75, 3.05) is 5.75 Å². The molecule has 2 N–H and O–H groups in total. The third-order valence-electron chi connectivity index (χ3n) is 10.5. The fourth-order valence-corrected chi connectivity index (χ4v) is 8.22. The van der Waals surface area contributed by atoms with Crippen molar-refractivity contribution in [3.05, 3.63) is 167 Å². The maximum atomic E-state index is 13.2. The summed E-state index contributed by atoms with van der Waals surface area (Å²) < 4.78 is 25.0. The number of rotatable bonds is 13. The van der Waals surface area contributed by atoms with Crippen LogP contribution in [0.2, 0.25) is 0 Å². The maximum absolute atomic E-state index is 13.2. The van der Waals surface area contributed by atoms with Gasteiger partial charge >= 0.3 is 6.09 Å². The van der Waals surface area contributed by atoms with Crippen LogP contribution in [0.1, 0.15) is 53.6 Å². The standard InChI is InChI=1S/C47H43N3O8S/c1-30-39(29-59-47-49-41(34-13-7-3-8-14-34)43(58-47)35-15-9-4-10-16-35)56-45(57-42(30)36-21-19-32(27-51)20-22-36)37-23-17-31(18-24-37)26-50-40(52)25-38(44(50)53)48-46(54)55-28-33-11-5-2-6-12-33/h2-24,30,38-39,42,45,51H,25-29H2,1H3,(H,48,54). The molecule has 2 aliphatic heterocycles. The van der Waals surface area contributed by atoms with E-state index < -0.39 is 24.3 Å². The molecule has 5 aromatic carbocycles. The van der Waals surface area contributed by atoms with E-state index in [-0.39, 0.29) is 50.2 Å². The molecule has 0 saturated carbocycles. The Balaban J connectivity index is 0.963. The predicted molar refractivity (Wildman–Crippen MR) is 221 cm³/mol. The van der Waals surface area contributed by atoms with Gasteiger partial charge in [-0.2, -0.15) is 0 Å². The van der Waals surface area contributed by atoms with E-state index in [4.69, 9.17) is 23.6 Å². The smallest absolute Gasteiger partial charge is 0.408 e. The van der Waals surface area contributed by atoms with Gasteiger partial charge in [-0.05, 0) is 22.3 Å². The first-order valence-electron chi connectivity index (χ1n) is 19.5. The number of nitrogens with one attached hydrogen (secondary N) is 1. The number of carbonyl (C=O) groups excluding carboxylic acids is 3. The maximum Gasteiger partial charge on any atom is 0.408 e. The van der Waals surface area contributed by atoms with Crippen molar-refractivity contribution in [1.82, 2.24) is 15.2 Å². The van der Waals surface area contributed by atoms with E-state index in [9.17, 15) is 19.5 Å². The highest BCUT2D eigenvalue weighted by Crippen LogP contribution is 2.44. The molecule has 300 valence electrons. The molecule has 3 heterocycles. The lowest BCUT2D eigenvalue weighted by atomic mass is 9.91. The highest BCUT2D eigenvalue weighted by atomic mass is 32.2. The number of benzene rings is 5. The van der Waals surface area contributed by atoms with E-state index in [0.717, 1.165) is 49.5 Å². The van der Waals surface area contributed by atoms with Gasteiger partial charge in [0.15, 0.2) is 12.1 Å². The van der Waals surface area contributed by atoms with Gasteiger partial charge in [0.25, 0.3) is 11.1 Å². The summed E-state index contributed by atoms with van der Waals surface area (Å²) in [6.45, 7) is 2.14. The van der Waals surface area contributed by atoms with Gasteiger partial charge in [0.2, 0.25) is 5.91 Å². The topological polar surface area (TPSA) is 140 Å². The molecule has 5 unspecified atom stereocenters. The number of aliphatic hydroxyl groups excluding tert-OH is 1. The molecule has 2 saturated heterocycles. The van der Waals surface area contributed by atoms with E-state index >= 15 is 0 Å². The molecule has 2 fully saturated rings. The van der Waals surface area contributed by atoms with E-state index in [0.29, 0.717) is 16.7 Å². The monoisotopic (exact) mass is 809 g/mol. The van der Waals surface area contributed by atoms with Gasteiger partial charge < -0.3 is 29.1 Å². The van der Waals surface area contributed by atoms with Gasteiger partial charge in [-0.1, -0.05) is 158 Å². The summed E-state index contributed by atoms with van der Waals surface area (Å²) in [7, 11) is 0. The average molecular weight is 810 g/mol. The van der Waals surface area contributed by atoms with Gasteiger partial charge in [-0.3, -0.25) is 14.5 Å². The molecular weight excluding hydrogens is 767 g/mol. The second-order valence-electron chi connectivity index (χ2n) is 14.5. The van der Waals surface area contributed by atoms with Crippen molar-refractivity contribution >= 4 is 29.7 Å². The number of oxazole rings is 1. The number of imide groups is 1. The number of carbonyl (C=O) groups is 3. The summed E-state index contributed by atoms with van der Waals surface area (Å²) in [5, 5.41) is 12.8. The average Bonchev–Trinajstić information content (AvgIpc) is 3.83. The van der Waals surface area contributed by atoms with Gasteiger partial charge in [0.05, 0.1) is 31.8 Å². The molecule has 0 radical (unpaired) electrons. The SMILES string of the molecule is CC1C(CSc2nc(-c3ccccc3)c(-c3ccccc3)o2)OC(c2ccc(CN3C(=O)CC(NC(=O)OCc4ccccc4)C3=O)cc2)OC1c1ccc(CO)cc1. The number of aromatic nitrogens is 1. The summed E-state index contributed by atoms with van der Waals surface area (Å²) >= 11 is 1.49. The van der Waals surface area contributed by atoms with E-state index in [1.165, 1.54) is 11.8 Å². The number of thioether (sulfide) groups is 1. The lowest BCUT2D eigenvalue weighted by Gasteiger charge is -2.41. The number of amides is 3. The zero-order valence-electron chi connectivity index (χ0n) is 32.3. The number of alkyl carbamates (subject to hydrolysis) is 1. The molecule has 0 spiro atoms. The minimum Gasteiger partial charge on any atom is -0.445 e. The van der Waals surface area contributed by atoms with E-state index in [2.05, 4.69) is 12.2 Å². The highest BCUT2D eigenvalue weighted by Gasteiger charge is 2.41. The number of likely N-dealkylation sites (tertiary alicyclic amines) is 1.